The predicted molar refractivity (Wildman–Crippen MR) is 81.0 cm³/mol. The molecule has 0 bridgehead atoms. The first-order valence-corrected chi connectivity index (χ1v) is 7.53. The van der Waals surface area contributed by atoms with E-state index in [4.69, 9.17) is 20.6 Å². The van der Waals surface area contributed by atoms with Crippen LogP contribution in [0.2, 0.25) is 0 Å². The van der Waals surface area contributed by atoms with Crippen molar-refractivity contribution in [3.05, 3.63) is 0 Å². The summed E-state index contributed by atoms with van der Waals surface area (Å²) >= 11 is 0. The van der Waals surface area contributed by atoms with Crippen molar-refractivity contribution in [1.29, 1.82) is 0 Å². The fraction of sp³-hybridized carbons (Fsp3) is 0.812. The Balaban J connectivity index is 2.12. The van der Waals surface area contributed by atoms with Crippen molar-refractivity contribution in [1.82, 2.24) is 5.32 Å². The number of carbonyl (C=O) groups excluding carboxylic acids is 1. The minimum Gasteiger partial charge on any atom is -0.444 e. The van der Waals surface area contributed by atoms with Crippen LogP contribution in [0.15, 0.2) is 0 Å². The van der Waals surface area contributed by atoms with Crippen molar-refractivity contribution in [2.24, 2.45) is 0 Å². The maximum Gasteiger partial charge on any atom is 0.407 e. The summed E-state index contributed by atoms with van der Waals surface area (Å²) in [5, 5.41) is 2.92. The molecule has 1 N–H and O–H groups in total. The zero-order valence-electron chi connectivity index (χ0n) is 13.3. The third-order valence-corrected chi connectivity index (χ3v) is 3.16. The molecule has 120 valence electrons. The molecule has 1 aliphatic carbocycles. The molecule has 0 heterocycles. The number of nitrogens with one attached hydrogen (secondary N) is 1. The summed E-state index contributed by atoms with van der Waals surface area (Å²) in [5.41, 5.74) is -0.456. The zero-order chi connectivity index (χ0) is 15.7. The number of hydrogen-bond donors (Lipinski definition) is 1. The Labute approximate surface area is 127 Å². The summed E-state index contributed by atoms with van der Waals surface area (Å²) < 4.78 is 16.1. The van der Waals surface area contributed by atoms with Crippen LogP contribution < -0.4 is 5.32 Å². The Morgan fingerprint density at radius 3 is 2.48 bits per heavy atom. The van der Waals surface area contributed by atoms with E-state index in [1.807, 2.05) is 20.8 Å². The van der Waals surface area contributed by atoms with Crippen molar-refractivity contribution in [3.63, 3.8) is 0 Å². The van der Waals surface area contributed by atoms with Crippen LogP contribution in [0.4, 0.5) is 4.79 Å². The largest absolute Gasteiger partial charge is 0.444 e. The standard InChI is InChI=1S/C16H27NO4/c1-5-10-19-11-12-20-14-8-6-13(7-9-14)17-15(18)21-16(2,3)4/h1,13-14H,6-12H2,2-4H3,(H,17,18)/t13-,14-. The Kier molecular flexibility index (Phi) is 7.55. The van der Waals surface area contributed by atoms with Gasteiger partial charge in [0.1, 0.15) is 12.2 Å². The van der Waals surface area contributed by atoms with Crippen LogP contribution in [0.1, 0.15) is 46.5 Å². The van der Waals surface area contributed by atoms with Crippen LogP contribution >= 0.6 is 0 Å². The third-order valence-electron chi connectivity index (χ3n) is 3.16. The molecule has 1 amide bonds. The number of alkyl carbamates (subject to hydrolysis) is 1. The number of hydrogen-bond acceptors (Lipinski definition) is 4. The van der Waals surface area contributed by atoms with Gasteiger partial charge in [0, 0.05) is 6.04 Å². The highest BCUT2D eigenvalue weighted by Crippen LogP contribution is 2.21. The minimum absolute atomic E-state index is 0.178. The van der Waals surface area contributed by atoms with Crippen LogP contribution in [0.5, 0.6) is 0 Å². The summed E-state index contributed by atoms with van der Waals surface area (Å²) in [4.78, 5) is 11.7. The van der Waals surface area contributed by atoms with Gasteiger partial charge in [0.15, 0.2) is 0 Å². The normalized spacial score (nSPS) is 22.4. The van der Waals surface area contributed by atoms with Gasteiger partial charge in [-0.3, -0.25) is 0 Å². The Morgan fingerprint density at radius 1 is 1.24 bits per heavy atom. The molecule has 1 aliphatic rings. The van der Waals surface area contributed by atoms with Crippen LogP contribution in [-0.2, 0) is 14.2 Å². The van der Waals surface area contributed by atoms with Crippen LogP contribution in [0.3, 0.4) is 0 Å². The molecule has 1 saturated carbocycles. The maximum atomic E-state index is 11.7. The van der Waals surface area contributed by atoms with Crippen molar-refractivity contribution in [2.45, 2.75) is 64.2 Å². The molecule has 21 heavy (non-hydrogen) atoms. The van der Waals surface area contributed by atoms with Gasteiger partial charge >= 0.3 is 6.09 Å². The first kappa shape index (κ1) is 17.8. The van der Waals surface area contributed by atoms with Gasteiger partial charge in [0.25, 0.3) is 0 Å². The second-order valence-corrected chi connectivity index (χ2v) is 6.25. The number of rotatable bonds is 6. The van der Waals surface area contributed by atoms with E-state index in [1.54, 1.807) is 0 Å². The first-order valence-electron chi connectivity index (χ1n) is 7.53. The lowest BCUT2D eigenvalue weighted by Gasteiger charge is -2.30. The Hall–Kier alpha value is -1.25. The average molecular weight is 297 g/mol. The summed E-state index contributed by atoms with van der Waals surface area (Å²) in [6.07, 6.45) is 8.70. The summed E-state index contributed by atoms with van der Waals surface area (Å²) in [6.45, 7) is 7.01. The fourth-order valence-corrected chi connectivity index (χ4v) is 2.25. The van der Waals surface area contributed by atoms with Crippen LogP contribution in [0, 0.1) is 12.3 Å². The maximum absolute atomic E-state index is 11.7. The van der Waals surface area contributed by atoms with Gasteiger partial charge < -0.3 is 19.5 Å². The van der Waals surface area contributed by atoms with Crippen molar-refractivity contribution < 1.29 is 19.0 Å². The summed E-state index contributed by atoms with van der Waals surface area (Å²) in [6, 6.07) is 0.178. The molecule has 0 aromatic carbocycles. The molecular formula is C16H27NO4. The van der Waals surface area contributed by atoms with E-state index >= 15 is 0 Å². The highest BCUT2D eigenvalue weighted by Gasteiger charge is 2.24. The van der Waals surface area contributed by atoms with E-state index in [1.165, 1.54) is 0 Å². The van der Waals surface area contributed by atoms with E-state index in [9.17, 15) is 4.79 Å². The second-order valence-electron chi connectivity index (χ2n) is 6.25. The van der Waals surface area contributed by atoms with Crippen LogP contribution in [-0.4, -0.2) is 43.7 Å². The van der Waals surface area contributed by atoms with Gasteiger partial charge in [0.05, 0.1) is 19.3 Å². The highest BCUT2D eigenvalue weighted by molar-refractivity contribution is 5.68. The average Bonchev–Trinajstić information content (AvgIpc) is 2.38. The van der Waals surface area contributed by atoms with Gasteiger partial charge in [-0.2, -0.15) is 0 Å². The van der Waals surface area contributed by atoms with Crippen LogP contribution in [0.25, 0.3) is 0 Å². The van der Waals surface area contributed by atoms with E-state index in [-0.39, 0.29) is 18.2 Å². The molecule has 0 atom stereocenters. The van der Waals surface area contributed by atoms with E-state index in [2.05, 4.69) is 11.2 Å². The molecule has 0 saturated heterocycles. The van der Waals surface area contributed by atoms with E-state index in [0.717, 1.165) is 25.7 Å². The minimum atomic E-state index is -0.456. The van der Waals surface area contributed by atoms with Gasteiger partial charge in [-0.05, 0) is 46.5 Å². The molecule has 5 heteroatoms. The number of ether oxygens (including phenoxy) is 3. The lowest BCUT2D eigenvalue weighted by molar-refractivity contribution is -0.00968. The van der Waals surface area contributed by atoms with Crippen molar-refractivity contribution >= 4 is 6.09 Å². The molecule has 5 nitrogen and oxygen atoms in total. The number of terminal acetylenes is 1. The highest BCUT2D eigenvalue weighted by atomic mass is 16.6. The van der Waals surface area contributed by atoms with E-state index in [0.29, 0.717) is 19.8 Å². The Morgan fingerprint density at radius 2 is 1.90 bits per heavy atom. The smallest absolute Gasteiger partial charge is 0.407 e. The molecule has 0 aromatic rings. The molecule has 0 unspecified atom stereocenters. The number of amides is 1. The molecule has 1 rings (SSSR count). The Bertz CT molecular complexity index is 348. The molecule has 1 fully saturated rings. The SMILES string of the molecule is C#CCOCCO[C@H]1CC[C@H](NC(=O)OC(C)(C)C)CC1. The molecule has 0 aliphatic heterocycles. The summed E-state index contributed by atoms with van der Waals surface area (Å²) in [5.74, 6) is 2.42. The molecule has 0 radical (unpaired) electrons. The van der Waals surface area contributed by atoms with Gasteiger partial charge in [-0.1, -0.05) is 5.92 Å². The number of carbonyl (C=O) groups is 1. The lowest BCUT2D eigenvalue weighted by Crippen LogP contribution is -2.42. The van der Waals surface area contributed by atoms with Gasteiger partial charge in [-0.25, -0.2) is 4.79 Å². The predicted octanol–water partition coefficient (Wildman–Crippen LogP) is 2.49. The topological polar surface area (TPSA) is 56.8 Å². The van der Waals surface area contributed by atoms with Gasteiger partial charge in [-0.15, -0.1) is 6.42 Å². The molecule has 0 aromatic heterocycles. The third kappa shape index (κ3) is 8.59. The fourth-order valence-electron chi connectivity index (χ4n) is 2.25. The monoisotopic (exact) mass is 297 g/mol. The molecule has 0 spiro atoms. The second kappa shape index (κ2) is 8.91. The van der Waals surface area contributed by atoms with Crippen molar-refractivity contribution in [2.75, 3.05) is 19.8 Å². The first-order chi connectivity index (χ1) is 9.90. The summed E-state index contributed by atoms with van der Waals surface area (Å²) in [7, 11) is 0. The molecular weight excluding hydrogens is 270 g/mol. The van der Waals surface area contributed by atoms with Crippen molar-refractivity contribution in [3.8, 4) is 12.3 Å². The van der Waals surface area contributed by atoms with Gasteiger partial charge in [0.2, 0.25) is 0 Å². The van der Waals surface area contributed by atoms with E-state index < -0.39 is 5.60 Å². The quantitative estimate of drug-likeness (QED) is 0.604. The zero-order valence-corrected chi connectivity index (χ0v) is 13.3. The lowest BCUT2D eigenvalue weighted by atomic mass is 9.93.